The molecule has 2 atom stereocenters. The van der Waals surface area contributed by atoms with Gasteiger partial charge in [0.25, 0.3) is 0 Å². The van der Waals surface area contributed by atoms with E-state index in [9.17, 15) is 8.78 Å². The fraction of sp³-hybridized carbons (Fsp3) is 0.571. The summed E-state index contributed by atoms with van der Waals surface area (Å²) in [6.45, 7) is 4.88. The highest BCUT2D eigenvalue weighted by Gasteiger charge is 2.36. The minimum Gasteiger partial charge on any atom is -0.316 e. The Bertz CT molecular complexity index is 395. The predicted octanol–water partition coefficient (Wildman–Crippen LogP) is 3.32. The molecule has 1 aromatic rings. The van der Waals surface area contributed by atoms with Crippen LogP contribution in [0.5, 0.6) is 0 Å². The molecular formula is C14H19F2N. The van der Waals surface area contributed by atoms with Crippen molar-refractivity contribution in [2.75, 3.05) is 13.1 Å². The van der Waals surface area contributed by atoms with E-state index in [2.05, 4.69) is 5.32 Å². The number of rotatable bonds is 2. The molecule has 1 fully saturated rings. The number of hydrogen-bond donors (Lipinski definition) is 1. The minimum atomic E-state index is -1.46. The van der Waals surface area contributed by atoms with E-state index in [1.165, 1.54) is 6.07 Å². The van der Waals surface area contributed by atoms with Crippen LogP contribution in [-0.4, -0.2) is 13.1 Å². The molecule has 0 radical (unpaired) electrons. The molecule has 0 saturated carbocycles. The van der Waals surface area contributed by atoms with Gasteiger partial charge < -0.3 is 5.32 Å². The van der Waals surface area contributed by atoms with Gasteiger partial charge in [-0.05, 0) is 50.4 Å². The summed E-state index contributed by atoms with van der Waals surface area (Å²) in [7, 11) is 0. The standard InChI is InChI=1S/C14H19F2N/c1-10-5-6-11(8-13(10)15)14(2,16)12-4-3-7-17-9-12/h5-6,8,12,17H,3-4,7,9H2,1-2H3. The van der Waals surface area contributed by atoms with Crippen molar-refractivity contribution in [3.8, 4) is 0 Å². The summed E-state index contributed by atoms with van der Waals surface area (Å²) in [6.07, 6.45) is 1.84. The Morgan fingerprint density at radius 3 is 2.76 bits per heavy atom. The van der Waals surface area contributed by atoms with Crippen molar-refractivity contribution in [2.24, 2.45) is 5.92 Å². The van der Waals surface area contributed by atoms with Gasteiger partial charge in [-0.2, -0.15) is 0 Å². The smallest absolute Gasteiger partial charge is 0.137 e. The number of piperidine rings is 1. The van der Waals surface area contributed by atoms with Crippen LogP contribution in [0.4, 0.5) is 8.78 Å². The lowest BCUT2D eigenvalue weighted by atomic mass is 9.80. The molecule has 1 N–H and O–H groups in total. The number of benzene rings is 1. The lowest BCUT2D eigenvalue weighted by Gasteiger charge is -2.34. The Morgan fingerprint density at radius 1 is 1.41 bits per heavy atom. The lowest BCUT2D eigenvalue weighted by molar-refractivity contribution is 0.0808. The Morgan fingerprint density at radius 2 is 2.18 bits per heavy atom. The zero-order valence-electron chi connectivity index (χ0n) is 10.4. The Balaban J connectivity index is 2.26. The van der Waals surface area contributed by atoms with Crippen molar-refractivity contribution in [1.82, 2.24) is 5.32 Å². The molecule has 0 aromatic heterocycles. The van der Waals surface area contributed by atoms with Crippen molar-refractivity contribution in [3.05, 3.63) is 35.1 Å². The Kier molecular flexibility index (Phi) is 3.48. The monoisotopic (exact) mass is 239 g/mol. The SMILES string of the molecule is Cc1ccc(C(C)(F)C2CCCNC2)cc1F. The molecule has 2 rings (SSSR count). The summed E-state index contributed by atoms with van der Waals surface area (Å²) < 4.78 is 28.3. The summed E-state index contributed by atoms with van der Waals surface area (Å²) in [5, 5.41) is 3.20. The molecular weight excluding hydrogens is 220 g/mol. The molecule has 1 nitrogen and oxygen atoms in total. The van der Waals surface area contributed by atoms with E-state index in [4.69, 9.17) is 0 Å². The quantitative estimate of drug-likeness (QED) is 0.834. The zero-order valence-corrected chi connectivity index (χ0v) is 10.4. The normalized spacial score (nSPS) is 24.4. The Labute approximate surface area is 101 Å². The summed E-state index contributed by atoms with van der Waals surface area (Å²) in [6, 6.07) is 4.69. The van der Waals surface area contributed by atoms with Crippen LogP contribution in [0.3, 0.4) is 0 Å². The summed E-state index contributed by atoms with van der Waals surface area (Å²) in [5.74, 6) is -0.395. The molecule has 1 heterocycles. The average Bonchev–Trinajstić information content (AvgIpc) is 2.33. The average molecular weight is 239 g/mol. The third-order valence-electron chi connectivity index (χ3n) is 3.80. The van der Waals surface area contributed by atoms with E-state index in [0.717, 1.165) is 19.4 Å². The molecule has 0 bridgehead atoms. The molecule has 2 unspecified atom stereocenters. The highest BCUT2D eigenvalue weighted by atomic mass is 19.1. The maximum absolute atomic E-state index is 14.8. The first kappa shape index (κ1) is 12.5. The van der Waals surface area contributed by atoms with Crippen molar-refractivity contribution in [1.29, 1.82) is 0 Å². The van der Waals surface area contributed by atoms with E-state index in [-0.39, 0.29) is 11.7 Å². The van der Waals surface area contributed by atoms with Crippen molar-refractivity contribution in [2.45, 2.75) is 32.4 Å². The van der Waals surface area contributed by atoms with E-state index in [0.29, 0.717) is 17.7 Å². The second-order valence-corrected chi connectivity index (χ2v) is 5.08. The van der Waals surface area contributed by atoms with Gasteiger partial charge >= 0.3 is 0 Å². The van der Waals surface area contributed by atoms with Gasteiger partial charge in [0.2, 0.25) is 0 Å². The van der Waals surface area contributed by atoms with Gasteiger partial charge in [0.05, 0.1) is 0 Å². The fourth-order valence-electron chi connectivity index (χ4n) is 2.45. The maximum Gasteiger partial charge on any atom is 0.137 e. The van der Waals surface area contributed by atoms with Gasteiger partial charge in [0.15, 0.2) is 0 Å². The number of hydrogen-bond acceptors (Lipinski definition) is 1. The van der Waals surface area contributed by atoms with E-state index in [1.807, 2.05) is 0 Å². The molecule has 3 heteroatoms. The van der Waals surface area contributed by atoms with Crippen LogP contribution in [0.15, 0.2) is 18.2 Å². The van der Waals surface area contributed by atoms with Gasteiger partial charge in [0.1, 0.15) is 11.5 Å². The number of nitrogens with one attached hydrogen (secondary N) is 1. The van der Waals surface area contributed by atoms with Crippen molar-refractivity contribution in [3.63, 3.8) is 0 Å². The van der Waals surface area contributed by atoms with Crippen LogP contribution in [0.25, 0.3) is 0 Å². The molecule has 0 spiro atoms. The summed E-state index contributed by atoms with van der Waals surface area (Å²) >= 11 is 0. The highest BCUT2D eigenvalue weighted by Crippen LogP contribution is 2.37. The third-order valence-corrected chi connectivity index (χ3v) is 3.80. The van der Waals surface area contributed by atoms with Crippen LogP contribution in [-0.2, 0) is 5.67 Å². The molecule has 1 aromatic carbocycles. The second-order valence-electron chi connectivity index (χ2n) is 5.08. The molecule has 0 amide bonds. The van der Waals surface area contributed by atoms with Gasteiger partial charge in [0, 0.05) is 12.5 Å². The first-order valence-electron chi connectivity index (χ1n) is 6.18. The number of aryl methyl sites for hydroxylation is 1. The minimum absolute atomic E-state index is 0.0710. The predicted molar refractivity (Wildman–Crippen MR) is 65.2 cm³/mol. The van der Waals surface area contributed by atoms with E-state index < -0.39 is 5.67 Å². The summed E-state index contributed by atoms with van der Waals surface area (Å²) in [5.41, 5.74) is -0.442. The lowest BCUT2D eigenvalue weighted by Crippen LogP contribution is -2.40. The van der Waals surface area contributed by atoms with E-state index in [1.54, 1.807) is 26.0 Å². The van der Waals surface area contributed by atoms with Crippen LogP contribution < -0.4 is 5.32 Å². The Hall–Kier alpha value is -0.960. The van der Waals surface area contributed by atoms with Gasteiger partial charge in [-0.1, -0.05) is 12.1 Å². The number of alkyl halides is 1. The first-order valence-corrected chi connectivity index (χ1v) is 6.18. The van der Waals surface area contributed by atoms with Gasteiger partial charge in [-0.25, -0.2) is 8.78 Å². The first-order chi connectivity index (χ1) is 8.01. The maximum atomic E-state index is 14.8. The fourth-order valence-corrected chi connectivity index (χ4v) is 2.45. The molecule has 1 aliphatic rings. The van der Waals surface area contributed by atoms with Crippen LogP contribution >= 0.6 is 0 Å². The van der Waals surface area contributed by atoms with Crippen LogP contribution in [0.1, 0.15) is 30.9 Å². The molecule has 0 aliphatic carbocycles. The largest absolute Gasteiger partial charge is 0.316 e. The van der Waals surface area contributed by atoms with Crippen LogP contribution in [0.2, 0.25) is 0 Å². The van der Waals surface area contributed by atoms with Crippen molar-refractivity contribution >= 4 is 0 Å². The van der Waals surface area contributed by atoms with E-state index >= 15 is 0 Å². The van der Waals surface area contributed by atoms with Gasteiger partial charge in [-0.15, -0.1) is 0 Å². The molecule has 17 heavy (non-hydrogen) atoms. The molecule has 94 valence electrons. The van der Waals surface area contributed by atoms with Crippen molar-refractivity contribution < 1.29 is 8.78 Å². The zero-order chi connectivity index (χ0) is 12.5. The molecule has 1 aliphatic heterocycles. The highest BCUT2D eigenvalue weighted by molar-refractivity contribution is 5.28. The van der Waals surface area contributed by atoms with Crippen LogP contribution in [0, 0.1) is 18.7 Å². The molecule has 1 saturated heterocycles. The number of halogens is 2. The third kappa shape index (κ3) is 2.49. The second kappa shape index (κ2) is 4.73. The van der Waals surface area contributed by atoms with Gasteiger partial charge in [-0.3, -0.25) is 0 Å². The summed E-state index contributed by atoms with van der Waals surface area (Å²) in [4.78, 5) is 0. The topological polar surface area (TPSA) is 12.0 Å².